The van der Waals surface area contributed by atoms with Crippen LogP contribution in [0, 0.1) is 10.8 Å². The van der Waals surface area contributed by atoms with Gasteiger partial charge in [0.2, 0.25) is 11.8 Å². The first-order valence-electron chi connectivity index (χ1n) is 6.67. The van der Waals surface area contributed by atoms with E-state index in [2.05, 4.69) is 5.32 Å². The average Bonchev–Trinajstić information content (AvgIpc) is 2.22. The summed E-state index contributed by atoms with van der Waals surface area (Å²) >= 11 is 0. The molecule has 0 rings (SSSR count). The van der Waals surface area contributed by atoms with Gasteiger partial charge in [-0.05, 0) is 17.4 Å². The first kappa shape index (κ1) is 17.9. The Labute approximate surface area is 116 Å². The third kappa shape index (κ3) is 8.59. The normalized spacial score (nSPS) is 12.2. The summed E-state index contributed by atoms with van der Waals surface area (Å²) < 4.78 is 0. The molecule has 0 aliphatic carbocycles. The van der Waals surface area contributed by atoms with Crippen molar-refractivity contribution in [3.63, 3.8) is 0 Å². The number of nitrogens with one attached hydrogen (secondary N) is 1. The predicted octanol–water partition coefficient (Wildman–Crippen LogP) is 0.982. The zero-order chi connectivity index (χ0) is 15.3. The maximum Gasteiger partial charge on any atom is 0.241 e. The van der Waals surface area contributed by atoms with Gasteiger partial charge >= 0.3 is 0 Å². The molecule has 0 aromatic carbocycles. The Morgan fingerprint density at radius 3 is 2.11 bits per heavy atom. The third-order valence-corrected chi connectivity index (χ3v) is 2.77. The van der Waals surface area contributed by atoms with Crippen molar-refractivity contribution in [3.05, 3.63) is 0 Å². The van der Waals surface area contributed by atoms with Crippen LogP contribution in [-0.4, -0.2) is 43.4 Å². The van der Waals surface area contributed by atoms with Gasteiger partial charge in [0.15, 0.2) is 0 Å². The van der Waals surface area contributed by atoms with Crippen LogP contribution in [-0.2, 0) is 9.59 Å². The van der Waals surface area contributed by atoms with Gasteiger partial charge < -0.3 is 16.0 Å². The van der Waals surface area contributed by atoms with E-state index >= 15 is 0 Å². The lowest BCUT2D eigenvalue weighted by molar-refractivity contribution is -0.133. The summed E-state index contributed by atoms with van der Waals surface area (Å²) in [5, 5.41) is 2.66. The fourth-order valence-corrected chi connectivity index (χ4v) is 1.65. The fraction of sp³-hybridized carbons (Fsp3) is 0.857. The molecule has 0 radical (unpaired) electrons. The Morgan fingerprint density at radius 1 is 1.16 bits per heavy atom. The van der Waals surface area contributed by atoms with Crippen LogP contribution in [0.1, 0.15) is 41.0 Å². The van der Waals surface area contributed by atoms with E-state index in [0.29, 0.717) is 19.5 Å². The molecule has 0 aromatic heterocycles. The highest BCUT2D eigenvalue weighted by Gasteiger charge is 2.22. The van der Waals surface area contributed by atoms with Crippen LogP contribution >= 0.6 is 0 Å². The van der Waals surface area contributed by atoms with Crippen LogP contribution in [0.15, 0.2) is 0 Å². The molecule has 5 heteroatoms. The van der Waals surface area contributed by atoms with Crippen LogP contribution < -0.4 is 11.1 Å². The first-order valence-corrected chi connectivity index (χ1v) is 6.67. The van der Waals surface area contributed by atoms with E-state index in [1.165, 1.54) is 0 Å². The Balaban J connectivity index is 4.15. The molecule has 0 aliphatic rings. The first-order chi connectivity index (χ1) is 8.47. The zero-order valence-corrected chi connectivity index (χ0v) is 13.2. The standard InChI is InChI=1S/C14H29N3O2/c1-13(2,3)7-11(18)16-8-12(19)17(6)10-14(4,5)9-15/h7-10,15H2,1-6H3,(H,16,18). The van der Waals surface area contributed by atoms with Gasteiger partial charge in [0.25, 0.3) is 0 Å². The van der Waals surface area contributed by atoms with E-state index < -0.39 is 0 Å². The number of rotatable bonds is 6. The van der Waals surface area contributed by atoms with Crippen LogP contribution in [0.5, 0.6) is 0 Å². The lowest BCUT2D eigenvalue weighted by Gasteiger charge is -2.29. The average molecular weight is 271 g/mol. The number of hydrogen-bond acceptors (Lipinski definition) is 3. The third-order valence-electron chi connectivity index (χ3n) is 2.77. The molecule has 112 valence electrons. The highest BCUT2D eigenvalue weighted by molar-refractivity contribution is 5.84. The summed E-state index contributed by atoms with van der Waals surface area (Å²) in [6.07, 6.45) is 0.415. The van der Waals surface area contributed by atoms with Crippen molar-refractivity contribution < 1.29 is 9.59 Å². The summed E-state index contributed by atoms with van der Waals surface area (Å²) in [4.78, 5) is 25.1. The number of nitrogens with two attached hydrogens (primary N) is 1. The van der Waals surface area contributed by atoms with Crippen molar-refractivity contribution in [3.8, 4) is 0 Å². The van der Waals surface area contributed by atoms with E-state index in [9.17, 15) is 9.59 Å². The van der Waals surface area contributed by atoms with Crippen LogP contribution in [0.2, 0.25) is 0 Å². The molecule has 2 amide bonds. The molecule has 0 unspecified atom stereocenters. The van der Waals surface area contributed by atoms with Gasteiger partial charge in [0.05, 0.1) is 6.54 Å². The number of hydrogen-bond donors (Lipinski definition) is 2. The summed E-state index contributed by atoms with van der Waals surface area (Å²) in [6, 6.07) is 0. The number of carbonyl (C=O) groups is 2. The van der Waals surface area contributed by atoms with Gasteiger partial charge in [0.1, 0.15) is 0 Å². The second-order valence-corrected chi connectivity index (χ2v) is 7.13. The minimum Gasteiger partial charge on any atom is -0.347 e. The van der Waals surface area contributed by atoms with Crippen LogP contribution in [0.4, 0.5) is 0 Å². The Bertz CT molecular complexity index is 319. The van der Waals surface area contributed by atoms with Crippen molar-refractivity contribution >= 4 is 11.8 Å². The van der Waals surface area contributed by atoms with Crippen molar-refractivity contribution in [2.24, 2.45) is 16.6 Å². The molecule has 19 heavy (non-hydrogen) atoms. The summed E-state index contributed by atoms with van der Waals surface area (Å²) in [5.41, 5.74) is 5.46. The molecule has 0 spiro atoms. The second kappa shape index (κ2) is 6.89. The highest BCUT2D eigenvalue weighted by Crippen LogP contribution is 2.17. The van der Waals surface area contributed by atoms with Crippen molar-refractivity contribution in [2.45, 2.75) is 41.0 Å². The largest absolute Gasteiger partial charge is 0.347 e. The lowest BCUT2D eigenvalue weighted by Crippen LogP contribution is -2.44. The van der Waals surface area contributed by atoms with Crippen molar-refractivity contribution in [2.75, 3.05) is 26.7 Å². The fourth-order valence-electron chi connectivity index (χ4n) is 1.65. The molecule has 0 bridgehead atoms. The maximum absolute atomic E-state index is 11.9. The van der Waals surface area contributed by atoms with Gasteiger partial charge in [-0.15, -0.1) is 0 Å². The van der Waals surface area contributed by atoms with E-state index in [4.69, 9.17) is 5.73 Å². The van der Waals surface area contributed by atoms with E-state index in [0.717, 1.165) is 0 Å². The monoisotopic (exact) mass is 271 g/mol. The Hall–Kier alpha value is -1.10. The lowest BCUT2D eigenvalue weighted by atomic mass is 9.92. The van der Waals surface area contributed by atoms with Gasteiger partial charge in [-0.2, -0.15) is 0 Å². The number of carbonyl (C=O) groups excluding carboxylic acids is 2. The Morgan fingerprint density at radius 2 is 1.68 bits per heavy atom. The molecule has 3 N–H and O–H groups in total. The maximum atomic E-state index is 11.9. The number of nitrogens with zero attached hydrogens (tertiary/aromatic N) is 1. The quantitative estimate of drug-likeness (QED) is 0.756. The topological polar surface area (TPSA) is 75.4 Å². The highest BCUT2D eigenvalue weighted by atomic mass is 16.2. The Kier molecular flexibility index (Phi) is 6.49. The minimum atomic E-state index is -0.111. The van der Waals surface area contributed by atoms with Crippen molar-refractivity contribution in [1.29, 1.82) is 0 Å². The van der Waals surface area contributed by atoms with Gasteiger partial charge in [-0.3, -0.25) is 9.59 Å². The molecule has 0 saturated heterocycles. The van der Waals surface area contributed by atoms with E-state index in [1.807, 2.05) is 34.6 Å². The number of likely N-dealkylation sites (N-methyl/N-ethyl adjacent to an activating group) is 1. The van der Waals surface area contributed by atoms with Gasteiger partial charge in [0, 0.05) is 20.0 Å². The van der Waals surface area contributed by atoms with Crippen LogP contribution in [0.25, 0.3) is 0 Å². The summed E-state index contributed by atoms with van der Waals surface area (Å²) in [5.74, 6) is -0.184. The van der Waals surface area contributed by atoms with Gasteiger partial charge in [-0.1, -0.05) is 34.6 Å². The molecular formula is C14H29N3O2. The smallest absolute Gasteiger partial charge is 0.241 e. The SMILES string of the molecule is CN(CC(C)(C)CN)C(=O)CNC(=O)CC(C)(C)C. The number of amides is 2. The summed E-state index contributed by atoms with van der Waals surface area (Å²) in [7, 11) is 1.73. The second-order valence-electron chi connectivity index (χ2n) is 7.13. The van der Waals surface area contributed by atoms with Gasteiger partial charge in [-0.25, -0.2) is 0 Å². The van der Waals surface area contributed by atoms with E-state index in [-0.39, 0.29) is 29.2 Å². The zero-order valence-electron chi connectivity index (χ0n) is 13.2. The van der Waals surface area contributed by atoms with Crippen molar-refractivity contribution in [1.82, 2.24) is 10.2 Å². The molecule has 0 atom stereocenters. The molecule has 0 aliphatic heterocycles. The van der Waals surface area contributed by atoms with Crippen LogP contribution in [0.3, 0.4) is 0 Å². The molecule has 0 saturated carbocycles. The molecule has 0 fully saturated rings. The minimum absolute atomic E-state index is 0.0477. The molecule has 0 aromatic rings. The summed E-state index contributed by atoms with van der Waals surface area (Å²) in [6.45, 7) is 11.1. The molecule has 5 nitrogen and oxygen atoms in total. The van der Waals surface area contributed by atoms with E-state index in [1.54, 1.807) is 11.9 Å². The molecular weight excluding hydrogens is 242 g/mol. The molecule has 0 heterocycles. The predicted molar refractivity (Wildman–Crippen MR) is 77.6 cm³/mol.